The van der Waals surface area contributed by atoms with E-state index in [2.05, 4.69) is 17.2 Å². The number of amides is 2. The summed E-state index contributed by atoms with van der Waals surface area (Å²) < 4.78 is 0. The van der Waals surface area contributed by atoms with Crippen molar-refractivity contribution in [1.29, 1.82) is 0 Å². The van der Waals surface area contributed by atoms with Crippen LogP contribution < -0.4 is 5.32 Å². The Kier molecular flexibility index (Phi) is 5.91. The van der Waals surface area contributed by atoms with Gasteiger partial charge in [0.2, 0.25) is 0 Å². The number of aliphatic hydroxyl groups excluding tert-OH is 1. The third-order valence-corrected chi connectivity index (χ3v) is 3.65. The number of halogens is 1. The van der Waals surface area contributed by atoms with Crippen molar-refractivity contribution in [3.8, 4) is 11.8 Å². The van der Waals surface area contributed by atoms with Crippen molar-refractivity contribution in [2.45, 2.75) is 25.7 Å². The van der Waals surface area contributed by atoms with Gasteiger partial charge >= 0.3 is 6.03 Å². The number of hydrogen-bond donors (Lipinski definition) is 2. The second-order valence-electron chi connectivity index (χ2n) is 4.98. The van der Waals surface area contributed by atoms with Crippen molar-refractivity contribution >= 4 is 23.3 Å². The molecule has 1 aliphatic rings. The SMILES string of the molecule is O=C(Nc1ccc(Cl)cc1C#CCO)N1CCCCCC1. The standard InChI is InChI=1S/C16H19ClN2O2/c17-14-7-8-15(13(12-14)6-5-11-20)18-16(21)19-9-3-1-2-4-10-19/h7-8,12,20H,1-4,9-11H2,(H,18,21). The highest BCUT2D eigenvalue weighted by Gasteiger charge is 2.16. The first-order valence-electron chi connectivity index (χ1n) is 7.16. The molecule has 2 N–H and O–H groups in total. The molecule has 0 aliphatic carbocycles. The normalized spacial score (nSPS) is 14.9. The smallest absolute Gasteiger partial charge is 0.321 e. The van der Waals surface area contributed by atoms with E-state index in [-0.39, 0.29) is 12.6 Å². The number of nitrogens with one attached hydrogen (secondary N) is 1. The van der Waals surface area contributed by atoms with Crippen molar-refractivity contribution in [2.24, 2.45) is 0 Å². The number of rotatable bonds is 1. The van der Waals surface area contributed by atoms with Crippen LogP contribution in [0.5, 0.6) is 0 Å². The number of aliphatic hydroxyl groups is 1. The maximum absolute atomic E-state index is 12.3. The van der Waals surface area contributed by atoms with Gasteiger partial charge in [0.05, 0.1) is 5.69 Å². The molecular formula is C16H19ClN2O2. The van der Waals surface area contributed by atoms with Gasteiger partial charge in [-0.3, -0.25) is 0 Å². The summed E-state index contributed by atoms with van der Waals surface area (Å²) in [6.07, 6.45) is 4.45. The minimum atomic E-state index is -0.230. The van der Waals surface area contributed by atoms with Crippen LogP contribution in [0.2, 0.25) is 5.02 Å². The van der Waals surface area contributed by atoms with Gasteiger partial charge in [-0.2, -0.15) is 0 Å². The number of likely N-dealkylation sites (tertiary alicyclic amines) is 1. The Labute approximate surface area is 130 Å². The molecule has 1 fully saturated rings. The number of carbonyl (C=O) groups is 1. The maximum atomic E-state index is 12.3. The minimum absolute atomic E-state index is 0.105. The van der Waals surface area contributed by atoms with Gasteiger partial charge in [0.1, 0.15) is 6.61 Å². The van der Waals surface area contributed by atoms with Crippen LogP contribution in [0.1, 0.15) is 31.2 Å². The van der Waals surface area contributed by atoms with E-state index in [0.717, 1.165) is 25.9 Å². The fourth-order valence-electron chi connectivity index (χ4n) is 2.33. The number of hydrogen-bond acceptors (Lipinski definition) is 2. The molecule has 1 aromatic rings. The third-order valence-electron chi connectivity index (χ3n) is 3.42. The zero-order valence-corrected chi connectivity index (χ0v) is 12.6. The average Bonchev–Trinajstić information content (AvgIpc) is 2.76. The number of carbonyl (C=O) groups excluding carboxylic acids is 1. The van der Waals surface area contributed by atoms with Crippen LogP contribution in [0.4, 0.5) is 10.5 Å². The van der Waals surface area contributed by atoms with Crippen molar-refractivity contribution in [3.05, 3.63) is 28.8 Å². The molecule has 2 amide bonds. The van der Waals surface area contributed by atoms with E-state index >= 15 is 0 Å². The van der Waals surface area contributed by atoms with Gasteiger partial charge in [0.15, 0.2) is 0 Å². The van der Waals surface area contributed by atoms with Gasteiger partial charge in [-0.25, -0.2) is 4.79 Å². The van der Waals surface area contributed by atoms with E-state index in [4.69, 9.17) is 16.7 Å². The molecule has 0 spiro atoms. The molecule has 21 heavy (non-hydrogen) atoms. The Morgan fingerprint density at radius 1 is 1.29 bits per heavy atom. The molecule has 0 unspecified atom stereocenters. The summed E-state index contributed by atoms with van der Waals surface area (Å²) in [6, 6.07) is 5.03. The highest BCUT2D eigenvalue weighted by atomic mass is 35.5. The number of urea groups is 1. The Morgan fingerprint density at radius 2 is 2.00 bits per heavy atom. The van der Waals surface area contributed by atoms with Crippen LogP contribution in [0.25, 0.3) is 0 Å². The van der Waals surface area contributed by atoms with Gasteiger partial charge in [0, 0.05) is 23.7 Å². The predicted octanol–water partition coefficient (Wildman–Crippen LogP) is 3.09. The van der Waals surface area contributed by atoms with Gasteiger partial charge in [0.25, 0.3) is 0 Å². The Bertz CT molecular complexity index is 555. The molecule has 0 bridgehead atoms. The van der Waals surface area contributed by atoms with Crippen molar-refractivity contribution in [1.82, 2.24) is 4.90 Å². The second-order valence-corrected chi connectivity index (χ2v) is 5.42. The molecule has 0 radical (unpaired) electrons. The van der Waals surface area contributed by atoms with E-state index < -0.39 is 0 Å². The maximum Gasteiger partial charge on any atom is 0.321 e. The molecule has 0 atom stereocenters. The largest absolute Gasteiger partial charge is 0.384 e. The van der Waals surface area contributed by atoms with Crippen molar-refractivity contribution in [2.75, 3.05) is 25.0 Å². The zero-order valence-electron chi connectivity index (χ0n) is 11.9. The fourth-order valence-corrected chi connectivity index (χ4v) is 2.50. The highest BCUT2D eigenvalue weighted by Crippen LogP contribution is 2.21. The van der Waals surface area contributed by atoms with E-state index in [1.54, 1.807) is 18.2 Å². The quantitative estimate of drug-likeness (QED) is 0.783. The topological polar surface area (TPSA) is 52.6 Å². The number of anilines is 1. The molecule has 1 aliphatic heterocycles. The first kappa shape index (κ1) is 15.7. The molecule has 1 saturated heterocycles. The van der Waals surface area contributed by atoms with Gasteiger partial charge < -0.3 is 15.3 Å². The van der Waals surface area contributed by atoms with Crippen LogP contribution in [-0.4, -0.2) is 35.7 Å². The zero-order chi connectivity index (χ0) is 15.1. The summed E-state index contributed by atoms with van der Waals surface area (Å²) in [5.41, 5.74) is 1.23. The van der Waals surface area contributed by atoms with E-state index in [0.29, 0.717) is 16.3 Å². The molecule has 1 aromatic carbocycles. The van der Waals surface area contributed by atoms with E-state index in [1.807, 2.05) is 4.90 Å². The summed E-state index contributed by atoms with van der Waals surface area (Å²) in [6.45, 7) is 1.35. The summed E-state index contributed by atoms with van der Waals surface area (Å²) in [4.78, 5) is 14.2. The van der Waals surface area contributed by atoms with E-state index in [9.17, 15) is 4.79 Å². The van der Waals surface area contributed by atoms with E-state index in [1.165, 1.54) is 12.8 Å². The van der Waals surface area contributed by atoms with Crippen LogP contribution in [0.3, 0.4) is 0 Å². The lowest BCUT2D eigenvalue weighted by molar-refractivity contribution is 0.214. The molecule has 1 heterocycles. The lowest BCUT2D eigenvalue weighted by Crippen LogP contribution is -2.35. The van der Waals surface area contributed by atoms with Crippen LogP contribution in [0, 0.1) is 11.8 Å². The van der Waals surface area contributed by atoms with Gasteiger partial charge in [-0.1, -0.05) is 36.3 Å². The monoisotopic (exact) mass is 306 g/mol. The van der Waals surface area contributed by atoms with Crippen molar-refractivity contribution in [3.63, 3.8) is 0 Å². The lowest BCUT2D eigenvalue weighted by Gasteiger charge is -2.21. The van der Waals surface area contributed by atoms with Crippen LogP contribution >= 0.6 is 11.6 Å². The molecule has 4 nitrogen and oxygen atoms in total. The average molecular weight is 307 g/mol. The molecule has 2 rings (SSSR count). The molecule has 0 saturated carbocycles. The van der Waals surface area contributed by atoms with Crippen molar-refractivity contribution < 1.29 is 9.90 Å². The minimum Gasteiger partial charge on any atom is -0.384 e. The number of nitrogens with zero attached hydrogens (tertiary/aromatic N) is 1. The predicted molar refractivity (Wildman–Crippen MR) is 84.5 cm³/mol. The highest BCUT2D eigenvalue weighted by molar-refractivity contribution is 6.30. The number of benzene rings is 1. The lowest BCUT2D eigenvalue weighted by atomic mass is 10.2. The van der Waals surface area contributed by atoms with Gasteiger partial charge in [-0.15, -0.1) is 0 Å². The molecule has 112 valence electrons. The summed E-state index contributed by atoms with van der Waals surface area (Å²) in [5, 5.41) is 12.2. The van der Waals surface area contributed by atoms with Crippen LogP contribution in [-0.2, 0) is 0 Å². The molecule has 5 heteroatoms. The summed E-state index contributed by atoms with van der Waals surface area (Å²) in [7, 11) is 0. The molecule has 0 aromatic heterocycles. The third kappa shape index (κ3) is 4.66. The summed E-state index contributed by atoms with van der Waals surface area (Å²) >= 11 is 5.95. The Balaban J connectivity index is 2.12. The Morgan fingerprint density at radius 3 is 2.67 bits per heavy atom. The second kappa shape index (κ2) is 7.92. The first-order valence-corrected chi connectivity index (χ1v) is 7.53. The molecular weight excluding hydrogens is 288 g/mol. The van der Waals surface area contributed by atoms with Crippen LogP contribution in [0.15, 0.2) is 18.2 Å². The fraction of sp³-hybridized carbons (Fsp3) is 0.438. The van der Waals surface area contributed by atoms with Gasteiger partial charge in [-0.05, 0) is 31.0 Å². The summed E-state index contributed by atoms with van der Waals surface area (Å²) in [5.74, 6) is 5.38. The first-order chi connectivity index (χ1) is 10.2. The Hall–Kier alpha value is -1.70.